The molecule has 0 spiro atoms. The first-order valence-electron chi connectivity index (χ1n) is 8.01. The third-order valence-corrected chi connectivity index (χ3v) is 5.03. The molecular weight excluding hydrogens is 389 g/mol. The van der Waals surface area contributed by atoms with Crippen molar-refractivity contribution < 1.29 is 4.74 Å². The van der Waals surface area contributed by atoms with E-state index in [0.29, 0.717) is 11.4 Å². The van der Waals surface area contributed by atoms with Crippen molar-refractivity contribution in [2.45, 2.75) is 45.1 Å². The summed E-state index contributed by atoms with van der Waals surface area (Å²) < 4.78 is 5.67. The molecule has 0 amide bonds. The first-order chi connectivity index (χ1) is 10.2. The highest BCUT2D eigenvalue weighted by Crippen LogP contribution is 2.43. The Bertz CT molecular complexity index is 523. The number of nitrogens with two attached hydrogens (primary N) is 1. The summed E-state index contributed by atoms with van der Waals surface area (Å²) in [5.41, 5.74) is 7.69. The van der Waals surface area contributed by atoms with E-state index in [1.807, 2.05) is 18.2 Å². The number of hydrogen-bond donors (Lipinski definition) is 2. The highest BCUT2D eigenvalue weighted by molar-refractivity contribution is 14.0. The Morgan fingerprint density at radius 1 is 1.41 bits per heavy atom. The first kappa shape index (κ1) is 17.4. The molecule has 1 aliphatic heterocycles. The number of hydrogen-bond acceptors (Lipinski definition) is 2. The average Bonchev–Trinajstić information content (AvgIpc) is 2.47. The number of fused-ring (bicyclic) bond motifs is 1. The van der Waals surface area contributed by atoms with Crippen molar-refractivity contribution in [3.63, 3.8) is 0 Å². The van der Waals surface area contributed by atoms with Crippen molar-refractivity contribution >= 4 is 29.9 Å². The van der Waals surface area contributed by atoms with Gasteiger partial charge in [0.05, 0.1) is 12.6 Å². The van der Waals surface area contributed by atoms with Gasteiger partial charge in [-0.05, 0) is 30.7 Å². The minimum absolute atomic E-state index is 0. The van der Waals surface area contributed by atoms with Gasteiger partial charge >= 0.3 is 0 Å². The zero-order chi connectivity index (χ0) is 14.7. The zero-order valence-corrected chi connectivity index (χ0v) is 15.5. The van der Waals surface area contributed by atoms with E-state index in [2.05, 4.69) is 23.3 Å². The van der Waals surface area contributed by atoms with Gasteiger partial charge in [0, 0.05) is 18.5 Å². The predicted molar refractivity (Wildman–Crippen MR) is 101 cm³/mol. The number of nitrogens with zero attached hydrogens (tertiary/aromatic N) is 1. The highest BCUT2D eigenvalue weighted by atomic mass is 127. The Labute approximate surface area is 149 Å². The second-order valence-electron chi connectivity index (χ2n) is 6.28. The smallest absolute Gasteiger partial charge is 0.189 e. The van der Waals surface area contributed by atoms with Crippen LogP contribution in [0.5, 0.6) is 5.75 Å². The van der Waals surface area contributed by atoms with E-state index in [9.17, 15) is 0 Å². The summed E-state index contributed by atoms with van der Waals surface area (Å²) in [6, 6.07) is 8.35. The summed E-state index contributed by atoms with van der Waals surface area (Å²) in [6.07, 6.45) is 6.04. The van der Waals surface area contributed by atoms with Crippen molar-refractivity contribution in [1.82, 2.24) is 5.32 Å². The van der Waals surface area contributed by atoms with Crippen LogP contribution in [0, 0.1) is 5.41 Å². The minimum atomic E-state index is 0. The molecule has 1 aliphatic carbocycles. The lowest BCUT2D eigenvalue weighted by Crippen LogP contribution is -2.39. The van der Waals surface area contributed by atoms with Crippen LogP contribution in [0.25, 0.3) is 0 Å². The molecule has 1 heterocycles. The molecule has 3 rings (SSSR count). The Hall–Kier alpha value is -0.980. The number of benzene rings is 1. The Kier molecular flexibility index (Phi) is 5.94. The van der Waals surface area contributed by atoms with E-state index in [0.717, 1.165) is 25.3 Å². The molecule has 1 fully saturated rings. The topological polar surface area (TPSA) is 59.6 Å². The average molecular weight is 415 g/mol. The number of ether oxygens (including phenoxy) is 1. The molecule has 0 radical (unpaired) electrons. The van der Waals surface area contributed by atoms with Gasteiger partial charge in [-0.2, -0.15) is 0 Å². The van der Waals surface area contributed by atoms with E-state index < -0.39 is 0 Å². The highest BCUT2D eigenvalue weighted by Gasteiger charge is 2.34. The van der Waals surface area contributed by atoms with Crippen molar-refractivity contribution in [2.24, 2.45) is 16.1 Å². The Balaban J connectivity index is 0.00000176. The Morgan fingerprint density at radius 3 is 2.86 bits per heavy atom. The summed E-state index contributed by atoms with van der Waals surface area (Å²) in [7, 11) is 0. The molecule has 0 saturated heterocycles. The van der Waals surface area contributed by atoms with E-state index in [4.69, 9.17) is 10.5 Å². The first-order valence-corrected chi connectivity index (χ1v) is 8.01. The Morgan fingerprint density at radius 2 is 2.18 bits per heavy atom. The molecule has 1 saturated carbocycles. The standard InChI is InChI=1S/C17H25N3O.HI/c1-2-17(9-5-10-17)12-19-16(18)20-14-8-11-21-15-7-4-3-6-13(14)15;/h3-4,6-7,14H,2,5,8-12H2,1H3,(H3,18,19,20);1H. The maximum atomic E-state index is 6.10. The maximum Gasteiger partial charge on any atom is 0.189 e. The molecule has 2 aliphatic rings. The third kappa shape index (κ3) is 3.67. The van der Waals surface area contributed by atoms with Crippen molar-refractivity contribution in [3.05, 3.63) is 29.8 Å². The van der Waals surface area contributed by atoms with Crippen molar-refractivity contribution in [1.29, 1.82) is 0 Å². The van der Waals surface area contributed by atoms with Gasteiger partial charge in [-0.15, -0.1) is 24.0 Å². The SMILES string of the molecule is CCC1(CN=C(N)NC2CCOc3ccccc32)CCC1.I. The molecule has 122 valence electrons. The fourth-order valence-electron chi connectivity index (χ4n) is 3.27. The fourth-order valence-corrected chi connectivity index (χ4v) is 3.27. The molecule has 3 N–H and O–H groups in total. The second-order valence-corrected chi connectivity index (χ2v) is 6.28. The zero-order valence-electron chi connectivity index (χ0n) is 13.2. The van der Waals surface area contributed by atoms with E-state index >= 15 is 0 Å². The lowest BCUT2D eigenvalue weighted by atomic mass is 9.67. The van der Waals surface area contributed by atoms with Gasteiger partial charge in [0.2, 0.25) is 0 Å². The summed E-state index contributed by atoms with van der Waals surface area (Å²) >= 11 is 0. The molecule has 22 heavy (non-hydrogen) atoms. The van der Waals surface area contributed by atoms with Crippen LogP contribution in [0.3, 0.4) is 0 Å². The van der Waals surface area contributed by atoms with Crippen molar-refractivity contribution in [2.75, 3.05) is 13.2 Å². The normalized spacial score (nSPS) is 22.6. The number of aliphatic imine (C=N–C) groups is 1. The number of nitrogens with one attached hydrogen (secondary N) is 1. The fraction of sp³-hybridized carbons (Fsp3) is 0.588. The number of guanidine groups is 1. The van der Waals surface area contributed by atoms with Gasteiger partial charge in [0.1, 0.15) is 5.75 Å². The summed E-state index contributed by atoms with van der Waals surface area (Å²) in [5, 5.41) is 3.37. The second kappa shape index (κ2) is 7.53. The van der Waals surface area contributed by atoms with Gasteiger partial charge in [0.25, 0.3) is 0 Å². The van der Waals surface area contributed by atoms with Crippen LogP contribution < -0.4 is 15.8 Å². The lowest BCUT2D eigenvalue weighted by Gasteiger charge is -2.40. The molecule has 1 aromatic rings. The van der Waals surface area contributed by atoms with Crippen LogP contribution in [0.1, 0.15) is 50.6 Å². The van der Waals surface area contributed by atoms with Gasteiger partial charge < -0.3 is 15.8 Å². The maximum absolute atomic E-state index is 6.10. The van der Waals surface area contributed by atoms with Crippen LogP contribution in [-0.4, -0.2) is 19.1 Å². The van der Waals surface area contributed by atoms with Crippen molar-refractivity contribution in [3.8, 4) is 5.75 Å². The molecule has 0 aromatic heterocycles. The van der Waals surface area contributed by atoms with Crippen LogP contribution in [0.15, 0.2) is 29.3 Å². The quantitative estimate of drug-likeness (QED) is 0.449. The van der Waals surface area contributed by atoms with E-state index in [1.54, 1.807) is 0 Å². The number of rotatable bonds is 4. The number of halogens is 1. The number of para-hydroxylation sites is 1. The lowest BCUT2D eigenvalue weighted by molar-refractivity contribution is 0.139. The van der Waals surface area contributed by atoms with Crippen LogP contribution in [0.4, 0.5) is 0 Å². The molecule has 1 atom stereocenters. The molecule has 0 bridgehead atoms. The van der Waals surface area contributed by atoms with Crippen LogP contribution in [0.2, 0.25) is 0 Å². The monoisotopic (exact) mass is 415 g/mol. The van der Waals surface area contributed by atoms with Gasteiger partial charge in [0.15, 0.2) is 5.96 Å². The molecule has 1 unspecified atom stereocenters. The van der Waals surface area contributed by atoms with Gasteiger partial charge in [-0.25, -0.2) is 0 Å². The molecule has 4 nitrogen and oxygen atoms in total. The molecule has 5 heteroatoms. The van der Waals surface area contributed by atoms with E-state index in [-0.39, 0.29) is 30.0 Å². The summed E-state index contributed by atoms with van der Waals surface area (Å²) in [5.74, 6) is 1.52. The van der Waals surface area contributed by atoms with Crippen LogP contribution in [-0.2, 0) is 0 Å². The van der Waals surface area contributed by atoms with Gasteiger partial charge in [-0.1, -0.05) is 31.5 Å². The summed E-state index contributed by atoms with van der Waals surface area (Å²) in [4.78, 5) is 4.60. The van der Waals surface area contributed by atoms with E-state index in [1.165, 1.54) is 31.2 Å². The van der Waals surface area contributed by atoms with Crippen LogP contribution >= 0.6 is 24.0 Å². The third-order valence-electron chi connectivity index (χ3n) is 5.03. The summed E-state index contributed by atoms with van der Waals surface area (Å²) in [6.45, 7) is 3.83. The van der Waals surface area contributed by atoms with Gasteiger partial charge in [-0.3, -0.25) is 4.99 Å². The molecule has 1 aromatic carbocycles. The molecular formula is C17H26IN3O. The minimum Gasteiger partial charge on any atom is -0.493 e. The largest absolute Gasteiger partial charge is 0.493 e. The predicted octanol–water partition coefficient (Wildman–Crippen LogP) is 3.61.